The van der Waals surface area contributed by atoms with Gasteiger partial charge in [0.05, 0.1) is 12.4 Å². The average molecular weight is 377 g/mol. The molecule has 0 radical (unpaired) electrons. The summed E-state index contributed by atoms with van der Waals surface area (Å²) in [5.74, 6) is 0.817. The Balaban J connectivity index is 1.58. The maximum Gasteiger partial charge on any atom is 0.0945 e. The van der Waals surface area contributed by atoms with Gasteiger partial charge in [0.1, 0.15) is 0 Å². The zero-order valence-electron chi connectivity index (χ0n) is 17.9. The van der Waals surface area contributed by atoms with E-state index in [0.717, 1.165) is 25.5 Å². The molecule has 27 heavy (non-hydrogen) atoms. The zero-order chi connectivity index (χ0) is 19.0. The largest absolute Gasteiger partial charge is 0.378 e. The zero-order valence-corrected chi connectivity index (χ0v) is 17.9. The Labute approximate surface area is 168 Å². The second-order valence-corrected chi connectivity index (χ2v) is 8.67. The van der Waals surface area contributed by atoms with Gasteiger partial charge in [-0.05, 0) is 31.6 Å². The first-order chi connectivity index (χ1) is 13.4. The molecule has 3 nitrogen and oxygen atoms in total. The lowest BCUT2D eigenvalue weighted by molar-refractivity contribution is 0.00803. The average Bonchev–Trinajstić information content (AvgIpc) is 3.22. The molecule has 0 aromatic carbocycles. The maximum atomic E-state index is 6.42. The van der Waals surface area contributed by atoms with Crippen molar-refractivity contribution >= 4 is 0 Å². The van der Waals surface area contributed by atoms with Gasteiger partial charge in [0, 0.05) is 25.5 Å². The molecule has 2 rings (SSSR count). The Morgan fingerprint density at radius 2 is 1.63 bits per heavy atom. The van der Waals surface area contributed by atoms with E-state index in [1.807, 2.05) is 12.5 Å². The van der Waals surface area contributed by atoms with E-state index in [9.17, 15) is 0 Å². The molecular weight excluding hydrogens is 332 g/mol. The molecule has 1 saturated carbocycles. The predicted molar refractivity (Wildman–Crippen MR) is 115 cm³/mol. The molecular formula is C24H44N2O. The van der Waals surface area contributed by atoms with Gasteiger partial charge < -0.3 is 9.30 Å². The molecule has 1 heterocycles. The van der Waals surface area contributed by atoms with Crippen LogP contribution in [0.1, 0.15) is 110 Å². The smallest absolute Gasteiger partial charge is 0.0945 e. The number of unbranched alkanes of at least 4 members (excludes halogenated alkanes) is 8. The minimum absolute atomic E-state index is 0.430. The topological polar surface area (TPSA) is 27.1 Å². The van der Waals surface area contributed by atoms with Gasteiger partial charge in [-0.3, -0.25) is 0 Å². The van der Waals surface area contributed by atoms with Crippen LogP contribution < -0.4 is 0 Å². The van der Waals surface area contributed by atoms with E-state index in [1.165, 1.54) is 96.3 Å². The molecule has 1 unspecified atom stereocenters. The molecule has 1 aliphatic rings. The van der Waals surface area contributed by atoms with Crippen molar-refractivity contribution in [2.75, 3.05) is 6.61 Å². The molecule has 1 aromatic rings. The lowest BCUT2D eigenvalue weighted by atomic mass is 9.90. The van der Waals surface area contributed by atoms with Gasteiger partial charge in [0.25, 0.3) is 0 Å². The first-order valence-corrected chi connectivity index (χ1v) is 12.0. The van der Waals surface area contributed by atoms with Crippen LogP contribution >= 0.6 is 0 Å². The lowest BCUT2D eigenvalue weighted by Crippen LogP contribution is -2.21. The van der Waals surface area contributed by atoms with Crippen molar-refractivity contribution in [3.05, 3.63) is 18.7 Å². The van der Waals surface area contributed by atoms with E-state index in [1.54, 1.807) is 0 Å². The van der Waals surface area contributed by atoms with Crippen molar-refractivity contribution in [2.45, 2.75) is 122 Å². The molecule has 1 atom stereocenters. The van der Waals surface area contributed by atoms with Gasteiger partial charge in [-0.1, -0.05) is 84.0 Å². The highest BCUT2D eigenvalue weighted by Gasteiger charge is 2.16. The van der Waals surface area contributed by atoms with Crippen molar-refractivity contribution in [3.8, 4) is 0 Å². The second kappa shape index (κ2) is 15.1. The van der Waals surface area contributed by atoms with Crippen molar-refractivity contribution in [1.29, 1.82) is 0 Å². The van der Waals surface area contributed by atoms with E-state index < -0.39 is 0 Å². The molecule has 3 heteroatoms. The molecule has 0 amide bonds. The van der Waals surface area contributed by atoms with Gasteiger partial charge in [0.2, 0.25) is 0 Å². The SMILES string of the molecule is CCCCCCCCCCCC(CCn1ccnc1)OCC1CCCCC1. The van der Waals surface area contributed by atoms with E-state index in [4.69, 9.17) is 4.74 Å². The van der Waals surface area contributed by atoms with Gasteiger partial charge in [-0.2, -0.15) is 0 Å². The Morgan fingerprint density at radius 1 is 0.926 bits per heavy atom. The normalized spacial score (nSPS) is 16.6. The van der Waals surface area contributed by atoms with Crippen LogP contribution in [0.3, 0.4) is 0 Å². The summed E-state index contributed by atoms with van der Waals surface area (Å²) in [6.07, 6.45) is 28.3. The highest BCUT2D eigenvalue weighted by molar-refractivity contribution is 4.75. The Hall–Kier alpha value is -0.830. The van der Waals surface area contributed by atoms with Gasteiger partial charge in [0.15, 0.2) is 0 Å². The number of imidazole rings is 1. The van der Waals surface area contributed by atoms with E-state index in [0.29, 0.717) is 6.10 Å². The molecule has 0 aliphatic heterocycles. The summed E-state index contributed by atoms with van der Waals surface area (Å²) >= 11 is 0. The molecule has 156 valence electrons. The number of aryl methyl sites for hydroxylation is 1. The summed E-state index contributed by atoms with van der Waals surface area (Å²) in [5, 5.41) is 0. The standard InChI is InChI=1S/C24H44N2O/c1-2-3-4-5-6-7-8-9-13-16-24(17-19-26-20-18-25-22-26)27-21-23-14-11-10-12-15-23/h18,20,22-24H,2-17,19,21H2,1H3. The molecule has 1 aromatic heterocycles. The van der Waals surface area contributed by atoms with Crippen LogP contribution in [0.2, 0.25) is 0 Å². The van der Waals surface area contributed by atoms with Crippen molar-refractivity contribution in [2.24, 2.45) is 5.92 Å². The summed E-state index contributed by atoms with van der Waals surface area (Å²) in [6.45, 7) is 4.32. The number of nitrogens with zero attached hydrogens (tertiary/aromatic N) is 2. The fraction of sp³-hybridized carbons (Fsp3) is 0.875. The summed E-state index contributed by atoms with van der Waals surface area (Å²) in [4.78, 5) is 4.16. The highest BCUT2D eigenvalue weighted by atomic mass is 16.5. The van der Waals surface area contributed by atoms with Crippen LogP contribution in [-0.4, -0.2) is 22.3 Å². The third-order valence-electron chi connectivity index (χ3n) is 6.19. The fourth-order valence-electron chi connectivity index (χ4n) is 4.33. The number of hydrogen-bond donors (Lipinski definition) is 0. The first kappa shape index (κ1) is 22.5. The number of ether oxygens (including phenoxy) is 1. The summed E-state index contributed by atoms with van der Waals surface area (Å²) < 4.78 is 8.61. The lowest BCUT2D eigenvalue weighted by Gasteiger charge is -2.25. The molecule has 1 fully saturated rings. The summed E-state index contributed by atoms with van der Waals surface area (Å²) in [7, 11) is 0. The second-order valence-electron chi connectivity index (χ2n) is 8.67. The monoisotopic (exact) mass is 376 g/mol. The maximum absolute atomic E-state index is 6.42. The van der Waals surface area contributed by atoms with E-state index >= 15 is 0 Å². The van der Waals surface area contributed by atoms with Crippen molar-refractivity contribution < 1.29 is 4.74 Å². The first-order valence-electron chi connectivity index (χ1n) is 12.0. The third-order valence-corrected chi connectivity index (χ3v) is 6.19. The molecule has 0 N–H and O–H groups in total. The Morgan fingerprint density at radius 3 is 2.30 bits per heavy atom. The van der Waals surface area contributed by atoms with E-state index in [2.05, 4.69) is 22.7 Å². The summed E-state index contributed by atoms with van der Waals surface area (Å²) in [6, 6.07) is 0. The summed E-state index contributed by atoms with van der Waals surface area (Å²) in [5.41, 5.74) is 0. The minimum Gasteiger partial charge on any atom is -0.378 e. The molecule has 0 spiro atoms. The molecule has 0 bridgehead atoms. The fourth-order valence-corrected chi connectivity index (χ4v) is 4.33. The molecule has 1 aliphatic carbocycles. The predicted octanol–water partition coefficient (Wildman–Crippen LogP) is 7.16. The van der Waals surface area contributed by atoms with Crippen LogP contribution in [-0.2, 0) is 11.3 Å². The van der Waals surface area contributed by atoms with Crippen LogP contribution in [0.5, 0.6) is 0 Å². The van der Waals surface area contributed by atoms with E-state index in [-0.39, 0.29) is 0 Å². The highest BCUT2D eigenvalue weighted by Crippen LogP contribution is 2.25. The van der Waals surface area contributed by atoms with Crippen LogP contribution in [0.4, 0.5) is 0 Å². The Bertz CT molecular complexity index is 426. The quantitative estimate of drug-likeness (QED) is 0.286. The van der Waals surface area contributed by atoms with Gasteiger partial charge in [-0.15, -0.1) is 0 Å². The number of rotatable bonds is 16. The van der Waals surface area contributed by atoms with Crippen molar-refractivity contribution in [1.82, 2.24) is 9.55 Å². The number of hydrogen-bond acceptors (Lipinski definition) is 2. The number of aromatic nitrogens is 2. The van der Waals surface area contributed by atoms with Crippen LogP contribution in [0.25, 0.3) is 0 Å². The minimum atomic E-state index is 0.430. The molecule has 0 saturated heterocycles. The van der Waals surface area contributed by atoms with Gasteiger partial charge >= 0.3 is 0 Å². The third kappa shape index (κ3) is 10.9. The Kier molecular flexibility index (Phi) is 12.6. The van der Waals surface area contributed by atoms with Crippen molar-refractivity contribution in [3.63, 3.8) is 0 Å². The van der Waals surface area contributed by atoms with Gasteiger partial charge in [-0.25, -0.2) is 4.98 Å². The van der Waals surface area contributed by atoms with Crippen LogP contribution in [0, 0.1) is 5.92 Å². The van der Waals surface area contributed by atoms with Crippen LogP contribution in [0.15, 0.2) is 18.7 Å².